The summed E-state index contributed by atoms with van der Waals surface area (Å²) in [6.07, 6.45) is 0. The van der Waals surface area contributed by atoms with E-state index >= 15 is 0 Å². The smallest absolute Gasteiger partial charge is 0.160 e. The third-order valence-corrected chi connectivity index (χ3v) is 13.1. The Morgan fingerprint density at radius 2 is 0.836 bits per heavy atom. The molecule has 0 aliphatic heterocycles. The molecule has 4 heteroatoms. The third-order valence-electron chi connectivity index (χ3n) is 13.1. The van der Waals surface area contributed by atoms with Crippen molar-refractivity contribution in [2.24, 2.45) is 0 Å². The zero-order valence-electron chi connectivity index (χ0n) is 36.3. The molecule has 0 N–H and O–H groups in total. The van der Waals surface area contributed by atoms with Crippen molar-refractivity contribution < 1.29 is 4.42 Å². The van der Waals surface area contributed by atoms with Gasteiger partial charge in [0.2, 0.25) is 0 Å². The average molecular weight is 854 g/mol. The van der Waals surface area contributed by atoms with Crippen LogP contribution in [0.1, 0.15) is 0 Å². The van der Waals surface area contributed by atoms with Crippen molar-refractivity contribution in [2.75, 3.05) is 0 Å². The number of fused-ring (bicyclic) bond motifs is 7. The van der Waals surface area contributed by atoms with Gasteiger partial charge in [-0.05, 0) is 68.9 Å². The van der Waals surface area contributed by atoms with Gasteiger partial charge in [0.15, 0.2) is 5.82 Å². The van der Waals surface area contributed by atoms with Gasteiger partial charge in [-0.1, -0.05) is 206 Å². The Morgan fingerprint density at radius 1 is 0.284 bits per heavy atom. The molecular weight excluding hydrogens is 815 g/mol. The summed E-state index contributed by atoms with van der Waals surface area (Å²) in [5, 5.41) is 7.76. The van der Waals surface area contributed by atoms with E-state index in [0.29, 0.717) is 5.82 Å². The van der Waals surface area contributed by atoms with E-state index in [1.54, 1.807) is 0 Å². The Morgan fingerprint density at radius 3 is 1.60 bits per heavy atom. The van der Waals surface area contributed by atoms with E-state index in [9.17, 15) is 0 Å². The van der Waals surface area contributed by atoms with Gasteiger partial charge in [0.25, 0.3) is 0 Å². The van der Waals surface area contributed by atoms with Crippen molar-refractivity contribution in [1.29, 1.82) is 0 Å². The fraction of sp³-hybridized carbons (Fsp3) is 0. The molecule has 0 aliphatic rings. The number of hydrogen-bond acceptors (Lipinski definition) is 4. The summed E-state index contributed by atoms with van der Waals surface area (Å²) in [5.74, 6) is 0.683. The Labute approximate surface area is 387 Å². The van der Waals surface area contributed by atoms with Crippen LogP contribution in [0.25, 0.3) is 133 Å². The third kappa shape index (κ3) is 6.65. The molecule has 13 aromatic rings. The topological polar surface area (TPSA) is 51.8 Å². The van der Waals surface area contributed by atoms with Crippen molar-refractivity contribution in [3.05, 3.63) is 237 Å². The molecule has 0 spiro atoms. The second-order valence-electron chi connectivity index (χ2n) is 17.0. The summed E-state index contributed by atoms with van der Waals surface area (Å²) < 4.78 is 6.71. The zero-order chi connectivity index (χ0) is 44.3. The first-order chi connectivity index (χ1) is 33.2. The molecule has 0 bridgehead atoms. The molecule has 67 heavy (non-hydrogen) atoms. The zero-order valence-corrected chi connectivity index (χ0v) is 36.3. The van der Waals surface area contributed by atoms with Gasteiger partial charge in [0.1, 0.15) is 11.2 Å². The van der Waals surface area contributed by atoms with Gasteiger partial charge < -0.3 is 4.42 Å². The molecule has 3 heterocycles. The van der Waals surface area contributed by atoms with Gasteiger partial charge in [-0.2, -0.15) is 0 Å². The highest BCUT2D eigenvalue weighted by atomic mass is 16.3. The molecule has 0 radical (unpaired) electrons. The lowest BCUT2D eigenvalue weighted by Gasteiger charge is -2.17. The first-order valence-corrected chi connectivity index (χ1v) is 22.7. The molecule has 0 saturated heterocycles. The van der Waals surface area contributed by atoms with E-state index in [0.717, 1.165) is 122 Å². The maximum atomic E-state index is 6.71. The fourth-order valence-electron chi connectivity index (χ4n) is 9.95. The lowest BCUT2D eigenvalue weighted by Crippen LogP contribution is -1.97. The second-order valence-corrected chi connectivity index (χ2v) is 17.0. The monoisotopic (exact) mass is 853 g/mol. The van der Waals surface area contributed by atoms with Crippen LogP contribution < -0.4 is 0 Å². The van der Waals surface area contributed by atoms with E-state index in [4.69, 9.17) is 19.4 Å². The molecule has 4 nitrogen and oxygen atoms in total. The van der Waals surface area contributed by atoms with Gasteiger partial charge in [-0.15, -0.1) is 0 Å². The summed E-state index contributed by atoms with van der Waals surface area (Å²) in [7, 11) is 0. The molecular formula is C63H39N3O. The maximum absolute atomic E-state index is 6.71. The molecule has 0 aliphatic carbocycles. The minimum atomic E-state index is 0.683. The lowest BCUT2D eigenvalue weighted by molar-refractivity contribution is 0.669. The van der Waals surface area contributed by atoms with Gasteiger partial charge >= 0.3 is 0 Å². The molecule has 10 aromatic carbocycles. The maximum Gasteiger partial charge on any atom is 0.160 e. The SMILES string of the molecule is c1ccc(-c2ccc(-c3nc(-c4ccccc4)cc(-c4ccc(-c5cccc(-c6c7c(cc8c(-c9ccccc9)nc9ccccc9c68)oc6ccccc67)c5)c5ccccc45)n3)cc2)cc1. The van der Waals surface area contributed by atoms with Gasteiger partial charge in [-0.25, -0.2) is 15.0 Å². The molecule has 0 amide bonds. The van der Waals surface area contributed by atoms with Crippen LogP contribution in [-0.4, -0.2) is 15.0 Å². The number of benzene rings is 10. The number of nitrogens with zero attached hydrogens (tertiary/aromatic N) is 3. The molecule has 3 aromatic heterocycles. The van der Waals surface area contributed by atoms with Crippen LogP contribution >= 0.6 is 0 Å². The Bertz CT molecular complexity index is 4010. The number of furan rings is 1. The normalized spacial score (nSPS) is 11.6. The molecule has 0 saturated carbocycles. The van der Waals surface area contributed by atoms with Crippen molar-refractivity contribution >= 4 is 54.4 Å². The van der Waals surface area contributed by atoms with E-state index in [-0.39, 0.29) is 0 Å². The van der Waals surface area contributed by atoms with Crippen molar-refractivity contribution in [1.82, 2.24) is 15.0 Å². The molecule has 312 valence electrons. The fourth-order valence-corrected chi connectivity index (χ4v) is 9.95. The van der Waals surface area contributed by atoms with Crippen molar-refractivity contribution in [3.63, 3.8) is 0 Å². The minimum absolute atomic E-state index is 0.683. The van der Waals surface area contributed by atoms with Crippen LogP contribution in [0, 0.1) is 0 Å². The number of pyridine rings is 1. The highest BCUT2D eigenvalue weighted by Crippen LogP contribution is 2.47. The number of aromatic nitrogens is 3. The van der Waals surface area contributed by atoms with E-state index < -0.39 is 0 Å². The first-order valence-electron chi connectivity index (χ1n) is 22.7. The van der Waals surface area contributed by atoms with E-state index in [2.05, 4.69) is 218 Å². The highest BCUT2D eigenvalue weighted by molar-refractivity contribution is 6.28. The molecule has 0 atom stereocenters. The standard InChI is InChI=1S/C63H39N3O/c1-4-17-40(18-5-1)41-31-33-44(34-32-41)63-65-55(42-19-6-2-7-20-42)39-56(66-63)50-36-35-47(48-25-10-11-26-49(48)50)45-23-16-24-46(37-45)59-60-51-27-12-14-29-54(51)64-62(43-21-8-3-9-22-43)53(60)38-58-61(59)52-28-13-15-30-57(52)67-58/h1-39H. The summed E-state index contributed by atoms with van der Waals surface area (Å²) in [5.41, 5.74) is 16.3. The van der Waals surface area contributed by atoms with Crippen molar-refractivity contribution in [2.45, 2.75) is 0 Å². The summed E-state index contributed by atoms with van der Waals surface area (Å²) in [4.78, 5) is 15.8. The first kappa shape index (κ1) is 38.5. The van der Waals surface area contributed by atoms with Crippen molar-refractivity contribution in [3.8, 4) is 78.5 Å². The molecule has 0 fully saturated rings. The lowest BCUT2D eigenvalue weighted by atomic mass is 9.87. The largest absolute Gasteiger partial charge is 0.456 e. The Hall–Kier alpha value is -8.99. The van der Waals surface area contributed by atoms with Gasteiger partial charge in [-0.3, -0.25) is 0 Å². The van der Waals surface area contributed by atoms with Crippen LogP contribution in [0.15, 0.2) is 241 Å². The predicted molar refractivity (Wildman–Crippen MR) is 278 cm³/mol. The average Bonchev–Trinajstić information content (AvgIpc) is 3.78. The van der Waals surface area contributed by atoms with Gasteiger partial charge in [0.05, 0.1) is 22.6 Å². The van der Waals surface area contributed by atoms with E-state index in [1.165, 1.54) is 5.56 Å². The number of para-hydroxylation sites is 2. The van der Waals surface area contributed by atoms with Crippen LogP contribution in [0.5, 0.6) is 0 Å². The van der Waals surface area contributed by atoms with Crippen LogP contribution in [0.4, 0.5) is 0 Å². The van der Waals surface area contributed by atoms with E-state index in [1.807, 2.05) is 18.2 Å². The summed E-state index contributed by atoms with van der Waals surface area (Å²) in [6, 6.07) is 83.3. The second kappa shape index (κ2) is 15.9. The summed E-state index contributed by atoms with van der Waals surface area (Å²) >= 11 is 0. The van der Waals surface area contributed by atoms with Crippen LogP contribution in [-0.2, 0) is 0 Å². The minimum Gasteiger partial charge on any atom is -0.456 e. The predicted octanol–water partition coefficient (Wildman–Crippen LogP) is 16.9. The summed E-state index contributed by atoms with van der Waals surface area (Å²) in [6.45, 7) is 0. The Balaban J connectivity index is 1.00. The number of rotatable bonds is 7. The molecule has 13 rings (SSSR count). The highest BCUT2D eigenvalue weighted by Gasteiger charge is 2.23. The van der Waals surface area contributed by atoms with Crippen LogP contribution in [0.3, 0.4) is 0 Å². The number of hydrogen-bond donors (Lipinski definition) is 0. The van der Waals surface area contributed by atoms with Gasteiger partial charge in [0, 0.05) is 54.7 Å². The quantitative estimate of drug-likeness (QED) is 0.150. The van der Waals surface area contributed by atoms with Crippen LogP contribution in [0.2, 0.25) is 0 Å². The Kier molecular flexibility index (Phi) is 9.14. The molecule has 0 unspecified atom stereocenters.